The Hall–Kier alpha value is -2.23. The van der Waals surface area contributed by atoms with Gasteiger partial charge in [-0.05, 0) is 36.6 Å². The minimum Gasteiger partial charge on any atom is -0.490 e. The average molecular weight is 512 g/mol. The first-order valence-electron chi connectivity index (χ1n) is 9.65. The molecule has 2 aromatic rings. The summed E-state index contributed by atoms with van der Waals surface area (Å²) < 4.78 is 25.3. The number of fused-ring (bicyclic) bond motifs is 1. The minimum atomic E-state index is -0.178. The molecule has 29 heavy (non-hydrogen) atoms. The Morgan fingerprint density at radius 2 is 1.97 bits per heavy atom. The van der Waals surface area contributed by atoms with Crippen LogP contribution in [0.3, 0.4) is 0 Å². The van der Waals surface area contributed by atoms with Crippen LogP contribution in [-0.4, -0.2) is 38.8 Å². The number of rotatable bonds is 4. The zero-order chi connectivity index (χ0) is 19.3. The number of aliphatic imine (C=N–C) groups is 1. The Morgan fingerprint density at radius 3 is 2.79 bits per heavy atom. The Labute approximate surface area is 187 Å². The Morgan fingerprint density at radius 1 is 1.17 bits per heavy atom. The minimum absolute atomic E-state index is 0. The summed E-state index contributed by atoms with van der Waals surface area (Å²) in [6.07, 6.45) is 1.83. The van der Waals surface area contributed by atoms with Crippen molar-refractivity contribution in [2.75, 3.05) is 43.1 Å². The molecule has 4 rings (SSSR count). The molecule has 0 spiro atoms. The lowest BCUT2D eigenvalue weighted by Crippen LogP contribution is -2.25. The Kier molecular flexibility index (Phi) is 7.40. The monoisotopic (exact) mass is 512 g/mol. The molecule has 6 nitrogen and oxygen atoms in total. The fourth-order valence-electron chi connectivity index (χ4n) is 3.56. The van der Waals surface area contributed by atoms with Crippen LogP contribution in [-0.2, 0) is 0 Å². The van der Waals surface area contributed by atoms with E-state index in [4.69, 9.17) is 15.2 Å². The number of hydrogen-bond donors (Lipinski definition) is 2. The first-order chi connectivity index (χ1) is 13.7. The van der Waals surface area contributed by atoms with Crippen molar-refractivity contribution in [2.24, 2.45) is 16.6 Å². The maximum absolute atomic E-state index is 14.0. The number of nitrogens with zero attached hydrogens (tertiary/aromatic N) is 2. The number of halogens is 2. The van der Waals surface area contributed by atoms with Crippen LogP contribution in [0.15, 0.2) is 47.5 Å². The predicted octanol–water partition coefficient (Wildman–Crippen LogP) is 3.86. The summed E-state index contributed by atoms with van der Waals surface area (Å²) in [6, 6.07) is 12.5. The second-order valence-corrected chi connectivity index (χ2v) is 7.12. The van der Waals surface area contributed by atoms with Gasteiger partial charge in [-0.1, -0.05) is 12.1 Å². The number of guanidine groups is 1. The van der Waals surface area contributed by atoms with E-state index in [1.54, 1.807) is 6.07 Å². The van der Waals surface area contributed by atoms with Gasteiger partial charge in [-0.15, -0.1) is 24.0 Å². The van der Waals surface area contributed by atoms with Crippen LogP contribution in [0.4, 0.5) is 15.8 Å². The number of hydrogen-bond acceptors (Lipinski definition) is 4. The summed E-state index contributed by atoms with van der Waals surface area (Å²) in [5.74, 6) is 1.99. The topological polar surface area (TPSA) is 72.1 Å². The molecule has 2 aromatic carbocycles. The molecule has 3 N–H and O–H groups in total. The fraction of sp³-hybridized carbons (Fsp3) is 0.381. The lowest BCUT2D eigenvalue weighted by Gasteiger charge is -2.19. The van der Waals surface area contributed by atoms with Crippen molar-refractivity contribution in [3.8, 4) is 11.5 Å². The summed E-state index contributed by atoms with van der Waals surface area (Å²) in [4.78, 5) is 6.55. The average Bonchev–Trinajstić information content (AvgIpc) is 3.04. The van der Waals surface area contributed by atoms with Crippen molar-refractivity contribution in [2.45, 2.75) is 12.8 Å². The van der Waals surface area contributed by atoms with Crippen LogP contribution >= 0.6 is 24.0 Å². The zero-order valence-electron chi connectivity index (χ0n) is 16.1. The van der Waals surface area contributed by atoms with Gasteiger partial charge >= 0.3 is 0 Å². The van der Waals surface area contributed by atoms with E-state index in [2.05, 4.69) is 15.2 Å². The molecule has 1 fully saturated rings. The highest BCUT2D eigenvalue weighted by atomic mass is 127. The van der Waals surface area contributed by atoms with Crippen molar-refractivity contribution >= 4 is 41.3 Å². The molecule has 8 heteroatoms. The molecule has 1 saturated heterocycles. The molecule has 156 valence electrons. The molecule has 0 aliphatic carbocycles. The van der Waals surface area contributed by atoms with E-state index in [9.17, 15) is 4.39 Å². The number of benzene rings is 2. The zero-order valence-corrected chi connectivity index (χ0v) is 18.5. The number of ether oxygens (including phenoxy) is 2. The van der Waals surface area contributed by atoms with Gasteiger partial charge in [0.1, 0.15) is 5.82 Å². The third-order valence-corrected chi connectivity index (χ3v) is 5.02. The number of nitrogens with two attached hydrogens (primary N) is 1. The summed E-state index contributed by atoms with van der Waals surface area (Å²) in [6.45, 7) is 3.52. The predicted molar refractivity (Wildman–Crippen MR) is 124 cm³/mol. The second-order valence-electron chi connectivity index (χ2n) is 7.12. The molecule has 2 aliphatic rings. The third kappa shape index (κ3) is 5.43. The summed E-state index contributed by atoms with van der Waals surface area (Å²) >= 11 is 0. The maximum atomic E-state index is 14.0. The van der Waals surface area contributed by atoms with E-state index in [1.807, 2.05) is 30.3 Å². The van der Waals surface area contributed by atoms with Gasteiger partial charge in [0.15, 0.2) is 17.5 Å². The van der Waals surface area contributed by atoms with Crippen molar-refractivity contribution < 1.29 is 13.9 Å². The van der Waals surface area contributed by atoms with Crippen LogP contribution in [0.5, 0.6) is 11.5 Å². The molecule has 0 bridgehead atoms. The van der Waals surface area contributed by atoms with Crippen molar-refractivity contribution in [1.29, 1.82) is 0 Å². The van der Waals surface area contributed by atoms with Crippen molar-refractivity contribution in [1.82, 2.24) is 0 Å². The van der Waals surface area contributed by atoms with Gasteiger partial charge < -0.3 is 25.4 Å². The van der Waals surface area contributed by atoms with E-state index in [0.29, 0.717) is 43.1 Å². The van der Waals surface area contributed by atoms with E-state index in [0.717, 1.165) is 37.4 Å². The van der Waals surface area contributed by atoms with E-state index in [-0.39, 0.29) is 29.8 Å². The first kappa shape index (κ1) is 21.5. The van der Waals surface area contributed by atoms with E-state index >= 15 is 0 Å². The van der Waals surface area contributed by atoms with Crippen LogP contribution in [0.1, 0.15) is 12.8 Å². The molecular weight excluding hydrogens is 486 g/mol. The van der Waals surface area contributed by atoms with Crippen LogP contribution in [0.2, 0.25) is 0 Å². The number of nitrogens with one attached hydrogen (secondary N) is 1. The highest BCUT2D eigenvalue weighted by Gasteiger charge is 2.24. The standard InChI is InChI=1S/C21H25FN4O2.HI/c22-17-4-1-2-5-18(17)26-9-8-15(14-26)13-24-21(23)25-16-6-7-19-20(12-16)28-11-3-10-27-19;/h1-2,4-7,12,15H,3,8-11,13-14H2,(H3,23,24,25);1H. The molecule has 1 unspecified atom stereocenters. The lowest BCUT2D eigenvalue weighted by molar-refractivity contribution is 0.297. The van der Waals surface area contributed by atoms with E-state index in [1.165, 1.54) is 6.07 Å². The largest absolute Gasteiger partial charge is 0.490 e. The lowest BCUT2D eigenvalue weighted by atomic mass is 10.1. The number of para-hydroxylation sites is 1. The van der Waals surface area contributed by atoms with Crippen molar-refractivity contribution in [3.05, 3.63) is 48.3 Å². The molecule has 1 atom stereocenters. The van der Waals surface area contributed by atoms with Gasteiger partial charge in [0.05, 0.1) is 18.9 Å². The summed E-state index contributed by atoms with van der Waals surface area (Å²) in [5.41, 5.74) is 7.52. The molecule has 0 radical (unpaired) electrons. The van der Waals surface area contributed by atoms with Crippen molar-refractivity contribution in [3.63, 3.8) is 0 Å². The van der Waals surface area contributed by atoms with Gasteiger partial charge in [0.2, 0.25) is 0 Å². The Balaban J connectivity index is 0.00000240. The molecular formula is C21H26FIN4O2. The molecule has 0 amide bonds. The molecule has 0 saturated carbocycles. The second kappa shape index (κ2) is 10.00. The highest BCUT2D eigenvalue weighted by molar-refractivity contribution is 14.0. The Bertz CT molecular complexity index is 864. The van der Waals surface area contributed by atoms with Gasteiger partial charge in [-0.2, -0.15) is 0 Å². The first-order valence-corrected chi connectivity index (χ1v) is 9.65. The van der Waals surface area contributed by atoms with Gasteiger partial charge in [-0.25, -0.2) is 4.39 Å². The SMILES string of the molecule is I.NC(=NCC1CCN(c2ccccc2F)C1)Nc1ccc2c(c1)OCCCO2. The van der Waals surface area contributed by atoms with Gasteiger partial charge in [0, 0.05) is 37.8 Å². The maximum Gasteiger partial charge on any atom is 0.193 e. The number of anilines is 2. The van der Waals surface area contributed by atoms with Crippen LogP contribution in [0, 0.1) is 11.7 Å². The third-order valence-electron chi connectivity index (χ3n) is 5.02. The normalized spacial score (nSPS) is 18.7. The fourth-order valence-corrected chi connectivity index (χ4v) is 3.56. The molecule has 2 heterocycles. The summed E-state index contributed by atoms with van der Waals surface area (Å²) in [7, 11) is 0. The van der Waals surface area contributed by atoms with Crippen LogP contribution < -0.4 is 25.4 Å². The van der Waals surface area contributed by atoms with Gasteiger partial charge in [0.25, 0.3) is 0 Å². The van der Waals surface area contributed by atoms with Gasteiger partial charge in [-0.3, -0.25) is 4.99 Å². The van der Waals surface area contributed by atoms with Crippen LogP contribution in [0.25, 0.3) is 0 Å². The van der Waals surface area contributed by atoms with E-state index < -0.39 is 0 Å². The smallest absolute Gasteiger partial charge is 0.193 e. The summed E-state index contributed by atoms with van der Waals surface area (Å²) in [5, 5.41) is 3.11. The highest BCUT2D eigenvalue weighted by Crippen LogP contribution is 2.32. The molecule has 2 aliphatic heterocycles. The molecule has 0 aromatic heterocycles. The quantitative estimate of drug-likeness (QED) is 0.370.